The average Bonchev–Trinajstić information content (AvgIpc) is 2.38. The van der Waals surface area contributed by atoms with Gasteiger partial charge in [0.25, 0.3) is 0 Å². The van der Waals surface area contributed by atoms with Gasteiger partial charge in [0, 0.05) is 24.5 Å². The van der Waals surface area contributed by atoms with Crippen molar-refractivity contribution in [1.29, 1.82) is 0 Å². The summed E-state index contributed by atoms with van der Waals surface area (Å²) in [6.45, 7) is 4.66. The monoisotopic (exact) mass is 279 g/mol. The predicted octanol–water partition coefficient (Wildman–Crippen LogP) is 2.95. The first kappa shape index (κ1) is 14.4. The first-order valence-corrected chi connectivity index (χ1v) is 7.89. The minimum absolute atomic E-state index is 0.217. The number of carboxylic acids is 1. The lowest BCUT2D eigenvalue weighted by molar-refractivity contribution is -0.144. The van der Waals surface area contributed by atoms with Gasteiger partial charge in [-0.15, -0.1) is 11.8 Å². The number of nitrogens with zero attached hydrogens (tertiary/aromatic N) is 1. The van der Waals surface area contributed by atoms with Gasteiger partial charge in [0.15, 0.2) is 0 Å². The third kappa shape index (κ3) is 3.74. The number of piperidine rings is 1. The Bertz CT molecular complexity index is 450. The molecule has 0 saturated carbocycles. The molecule has 2 unspecified atom stereocenters. The van der Waals surface area contributed by atoms with Crippen LogP contribution in [0, 0.1) is 11.8 Å². The molecule has 0 bridgehead atoms. The smallest absolute Gasteiger partial charge is 0.307 e. The lowest BCUT2D eigenvalue weighted by atomic mass is 9.90. The van der Waals surface area contributed by atoms with E-state index in [1.807, 2.05) is 6.07 Å². The second kappa shape index (κ2) is 6.44. The second-order valence-electron chi connectivity index (χ2n) is 5.38. The molecule has 1 fully saturated rings. The van der Waals surface area contributed by atoms with Gasteiger partial charge in [-0.1, -0.05) is 25.1 Å². The first-order valence-electron chi connectivity index (χ1n) is 6.67. The highest BCUT2D eigenvalue weighted by atomic mass is 32.2. The van der Waals surface area contributed by atoms with E-state index in [1.54, 1.807) is 11.8 Å². The van der Waals surface area contributed by atoms with Crippen LogP contribution in [-0.4, -0.2) is 35.3 Å². The van der Waals surface area contributed by atoms with Gasteiger partial charge in [-0.05, 0) is 30.2 Å². The van der Waals surface area contributed by atoms with Crippen LogP contribution in [0.25, 0.3) is 0 Å². The SMILES string of the molecule is CSc1ccccc1CN1CC(C)CC(C(=O)O)C1. The highest BCUT2D eigenvalue weighted by Gasteiger charge is 2.29. The molecule has 104 valence electrons. The molecule has 1 aliphatic rings. The number of likely N-dealkylation sites (tertiary alicyclic amines) is 1. The summed E-state index contributed by atoms with van der Waals surface area (Å²) in [6, 6.07) is 8.37. The topological polar surface area (TPSA) is 40.5 Å². The molecule has 0 aromatic heterocycles. The first-order chi connectivity index (χ1) is 9.10. The zero-order valence-electron chi connectivity index (χ0n) is 11.5. The molecule has 0 spiro atoms. The number of carbonyl (C=O) groups is 1. The summed E-state index contributed by atoms with van der Waals surface area (Å²) in [7, 11) is 0. The zero-order chi connectivity index (χ0) is 13.8. The molecule has 3 nitrogen and oxygen atoms in total. The molecule has 1 N–H and O–H groups in total. The lowest BCUT2D eigenvalue weighted by Gasteiger charge is -2.34. The third-order valence-corrected chi connectivity index (χ3v) is 4.51. The van der Waals surface area contributed by atoms with Crippen LogP contribution in [0.15, 0.2) is 29.2 Å². The Morgan fingerprint density at radius 2 is 2.16 bits per heavy atom. The Kier molecular flexibility index (Phi) is 4.88. The van der Waals surface area contributed by atoms with Gasteiger partial charge in [0.2, 0.25) is 0 Å². The normalized spacial score (nSPS) is 24.3. The molecule has 1 aromatic rings. The van der Waals surface area contributed by atoms with Crippen LogP contribution >= 0.6 is 11.8 Å². The van der Waals surface area contributed by atoms with E-state index in [4.69, 9.17) is 0 Å². The van der Waals surface area contributed by atoms with Crippen LogP contribution in [0.4, 0.5) is 0 Å². The Balaban J connectivity index is 2.07. The van der Waals surface area contributed by atoms with E-state index in [2.05, 4.69) is 36.3 Å². The molecular weight excluding hydrogens is 258 g/mol. The largest absolute Gasteiger partial charge is 0.481 e. The van der Waals surface area contributed by atoms with Crippen molar-refractivity contribution in [3.05, 3.63) is 29.8 Å². The van der Waals surface area contributed by atoms with Gasteiger partial charge in [-0.3, -0.25) is 9.69 Å². The molecular formula is C15H21NO2S. The van der Waals surface area contributed by atoms with E-state index in [-0.39, 0.29) is 5.92 Å². The molecule has 1 aromatic carbocycles. The van der Waals surface area contributed by atoms with Crippen molar-refractivity contribution in [2.24, 2.45) is 11.8 Å². The van der Waals surface area contributed by atoms with Crippen LogP contribution in [0.1, 0.15) is 18.9 Å². The van der Waals surface area contributed by atoms with Crippen molar-refractivity contribution in [3.8, 4) is 0 Å². The summed E-state index contributed by atoms with van der Waals surface area (Å²) >= 11 is 1.75. The van der Waals surface area contributed by atoms with Crippen LogP contribution in [-0.2, 0) is 11.3 Å². The van der Waals surface area contributed by atoms with Gasteiger partial charge in [-0.2, -0.15) is 0 Å². The van der Waals surface area contributed by atoms with Crippen LogP contribution in [0.5, 0.6) is 0 Å². The fraction of sp³-hybridized carbons (Fsp3) is 0.533. The summed E-state index contributed by atoms with van der Waals surface area (Å²) in [4.78, 5) is 14.8. The van der Waals surface area contributed by atoms with Crippen LogP contribution < -0.4 is 0 Å². The fourth-order valence-corrected chi connectivity index (χ4v) is 3.45. The number of carboxylic acid groups (broad SMARTS) is 1. The average molecular weight is 279 g/mol. The number of hydrogen-bond acceptors (Lipinski definition) is 3. The fourth-order valence-electron chi connectivity index (χ4n) is 2.84. The number of aliphatic carboxylic acids is 1. The minimum Gasteiger partial charge on any atom is -0.481 e. The van der Waals surface area contributed by atoms with Crippen LogP contribution in [0.2, 0.25) is 0 Å². The summed E-state index contributed by atoms with van der Waals surface area (Å²) in [6.07, 6.45) is 2.88. The number of hydrogen-bond donors (Lipinski definition) is 1. The number of benzene rings is 1. The quantitative estimate of drug-likeness (QED) is 0.860. The highest BCUT2D eigenvalue weighted by molar-refractivity contribution is 7.98. The van der Waals surface area contributed by atoms with E-state index >= 15 is 0 Å². The molecule has 1 aliphatic heterocycles. The lowest BCUT2D eigenvalue weighted by Crippen LogP contribution is -2.42. The maximum atomic E-state index is 11.2. The minimum atomic E-state index is -0.658. The third-order valence-electron chi connectivity index (χ3n) is 3.67. The van der Waals surface area contributed by atoms with E-state index < -0.39 is 5.97 Å². The maximum Gasteiger partial charge on any atom is 0.307 e. The molecule has 0 amide bonds. The Morgan fingerprint density at radius 3 is 2.84 bits per heavy atom. The molecule has 2 atom stereocenters. The molecule has 2 rings (SSSR count). The highest BCUT2D eigenvalue weighted by Crippen LogP contribution is 2.26. The van der Waals surface area contributed by atoms with E-state index in [0.717, 1.165) is 19.5 Å². The molecule has 19 heavy (non-hydrogen) atoms. The maximum absolute atomic E-state index is 11.2. The van der Waals surface area contributed by atoms with Gasteiger partial charge in [-0.25, -0.2) is 0 Å². The van der Waals surface area contributed by atoms with E-state index in [9.17, 15) is 9.90 Å². The molecule has 0 radical (unpaired) electrons. The van der Waals surface area contributed by atoms with Crippen molar-refractivity contribution in [1.82, 2.24) is 4.90 Å². The van der Waals surface area contributed by atoms with Crippen molar-refractivity contribution >= 4 is 17.7 Å². The number of rotatable bonds is 4. The van der Waals surface area contributed by atoms with Crippen molar-refractivity contribution < 1.29 is 9.90 Å². The molecule has 1 saturated heterocycles. The van der Waals surface area contributed by atoms with Gasteiger partial charge >= 0.3 is 5.97 Å². The van der Waals surface area contributed by atoms with Crippen molar-refractivity contribution in [2.45, 2.75) is 24.8 Å². The predicted molar refractivity (Wildman–Crippen MR) is 78.4 cm³/mol. The Hall–Kier alpha value is -1.00. The second-order valence-corrected chi connectivity index (χ2v) is 6.23. The zero-order valence-corrected chi connectivity index (χ0v) is 12.3. The van der Waals surface area contributed by atoms with Gasteiger partial charge in [0.05, 0.1) is 5.92 Å². The molecule has 0 aliphatic carbocycles. The summed E-state index contributed by atoms with van der Waals surface area (Å²) in [5.74, 6) is -0.420. The van der Waals surface area contributed by atoms with Gasteiger partial charge in [0.1, 0.15) is 0 Å². The number of thioether (sulfide) groups is 1. The Labute approximate surface area is 119 Å². The standard InChI is InChI=1S/C15H21NO2S/c1-11-7-13(15(17)18)10-16(8-11)9-12-5-3-4-6-14(12)19-2/h3-6,11,13H,7-10H2,1-2H3,(H,17,18). The van der Waals surface area contributed by atoms with Crippen molar-refractivity contribution in [2.75, 3.05) is 19.3 Å². The molecule has 1 heterocycles. The Morgan fingerprint density at radius 1 is 1.42 bits per heavy atom. The van der Waals surface area contributed by atoms with Crippen LogP contribution in [0.3, 0.4) is 0 Å². The summed E-state index contributed by atoms with van der Waals surface area (Å²) in [5, 5.41) is 9.21. The van der Waals surface area contributed by atoms with Gasteiger partial charge < -0.3 is 5.11 Å². The summed E-state index contributed by atoms with van der Waals surface area (Å²) < 4.78 is 0. The molecule has 4 heteroatoms. The summed E-state index contributed by atoms with van der Waals surface area (Å²) in [5.41, 5.74) is 1.30. The van der Waals surface area contributed by atoms with E-state index in [1.165, 1.54) is 10.5 Å². The van der Waals surface area contributed by atoms with Crippen molar-refractivity contribution in [3.63, 3.8) is 0 Å². The van der Waals surface area contributed by atoms with E-state index in [0.29, 0.717) is 12.5 Å².